The largest absolute Gasteiger partial charge is 0.480 e. The van der Waals surface area contributed by atoms with Gasteiger partial charge in [0, 0.05) is 10.9 Å². The van der Waals surface area contributed by atoms with E-state index in [-0.39, 0.29) is 11.7 Å². The molecule has 2 unspecified atom stereocenters. The minimum Gasteiger partial charge on any atom is -0.480 e. The number of benzene rings is 1. The van der Waals surface area contributed by atoms with Gasteiger partial charge in [-0.2, -0.15) is 0 Å². The van der Waals surface area contributed by atoms with Gasteiger partial charge < -0.3 is 14.8 Å². The topological polar surface area (TPSA) is 79.5 Å². The minimum atomic E-state index is -1.09. The molecule has 2 atom stereocenters. The van der Waals surface area contributed by atoms with E-state index in [4.69, 9.17) is 4.42 Å². The molecule has 0 spiro atoms. The molecule has 0 aliphatic rings. The number of halogens is 1. The van der Waals surface area contributed by atoms with Crippen LogP contribution in [0.1, 0.15) is 36.4 Å². The molecule has 2 N–H and O–H groups in total. The summed E-state index contributed by atoms with van der Waals surface area (Å²) in [6.07, 6.45) is 0.613. The molecule has 1 heterocycles. The zero-order valence-corrected chi connectivity index (χ0v) is 12.6. The smallest absolute Gasteiger partial charge is 0.326 e. The number of carboxylic acids is 1. The Labute approximate surface area is 127 Å². The molecule has 118 valence electrons. The Hall–Kier alpha value is -2.37. The minimum absolute atomic E-state index is 0.00940. The Balaban J connectivity index is 2.33. The first kappa shape index (κ1) is 16.0. The molecular weight excluding hydrogens is 289 g/mol. The van der Waals surface area contributed by atoms with Crippen LogP contribution in [-0.2, 0) is 4.79 Å². The van der Waals surface area contributed by atoms with Gasteiger partial charge in [-0.05, 0) is 31.0 Å². The highest BCUT2D eigenvalue weighted by Gasteiger charge is 2.28. The third-order valence-corrected chi connectivity index (χ3v) is 3.87. The summed E-state index contributed by atoms with van der Waals surface area (Å²) in [6.45, 7) is 5.24. The van der Waals surface area contributed by atoms with E-state index >= 15 is 0 Å². The summed E-state index contributed by atoms with van der Waals surface area (Å²) in [5, 5.41) is 12.2. The standard InChI is InChI=1S/C16H18FNO4/c1-4-8(2)13(16(20)21)18-15(19)14-9(3)11-7-10(17)5-6-12(11)22-14/h5-8,13H,4H2,1-3H3,(H,18,19)(H,20,21). The van der Waals surface area contributed by atoms with E-state index in [1.807, 2.05) is 6.92 Å². The number of carbonyl (C=O) groups is 2. The third kappa shape index (κ3) is 2.95. The fourth-order valence-electron chi connectivity index (χ4n) is 2.30. The predicted molar refractivity (Wildman–Crippen MR) is 79.3 cm³/mol. The molecule has 0 saturated carbocycles. The van der Waals surface area contributed by atoms with Gasteiger partial charge in [-0.25, -0.2) is 9.18 Å². The number of hydrogen-bond donors (Lipinski definition) is 2. The van der Waals surface area contributed by atoms with Crippen molar-refractivity contribution in [2.75, 3.05) is 0 Å². The van der Waals surface area contributed by atoms with Crippen LogP contribution >= 0.6 is 0 Å². The van der Waals surface area contributed by atoms with E-state index < -0.39 is 23.7 Å². The Morgan fingerprint density at radius 3 is 2.68 bits per heavy atom. The highest BCUT2D eigenvalue weighted by Crippen LogP contribution is 2.26. The van der Waals surface area contributed by atoms with Crippen LogP contribution in [0.4, 0.5) is 4.39 Å². The lowest BCUT2D eigenvalue weighted by Crippen LogP contribution is -2.45. The van der Waals surface area contributed by atoms with E-state index in [2.05, 4.69) is 5.32 Å². The van der Waals surface area contributed by atoms with Crippen LogP contribution in [0.5, 0.6) is 0 Å². The number of nitrogens with one attached hydrogen (secondary N) is 1. The van der Waals surface area contributed by atoms with Gasteiger partial charge in [0.25, 0.3) is 5.91 Å². The van der Waals surface area contributed by atoms with Crippen molar-refractivity contribution in [3.63, 3.8) is 0 Å². The maximum atomic E-state index is 13.3. The molecule has 1 amide bonds. The molecule has 1 aromatic heterocycles. The average Bonchev–Trinajstić information content (AvgIpc) is 2.80. The molecule has 0 fully saturated rings. The zero-order chi connectivity index (χ0) is 16.4. The van der Waals surface area contributed by atoms with E-state index in [1.165, 1.54) is 18.2 Å². The van der Waals surface area contributed by atoms with Gasteiger partial charge in [0.1, 0.15) is 17.4 Å². The second kappa shape index (κ2) is 6.17. The number of aryl methyl sites for hydroxylation is 1. The van der Waals surface area contributed by atoms with Crippen molar-refractivity contribution in [3.8, 4) is 0 Å². The molecular formula is C16H18FNO4. The van der Waals surface area contributed by atoms with Crippen molar-refractivity contribution >= 4 is 22.8 Å². The zero-order valence-electron chi connectivity index (χ0n) is 12.6. The fraction of sp³-hybridized carbons (Fsp3) is 0.375. The number of furan rings is 1. The van der Waals surface area contributed by atoms with Gasteiger partial charge in [0.2, 0.25) is 0 Å². The van der Waals surface area contributed by atoms with Crippen LogP contribution in [-0.4, -0.2) is 23.0 Å². The summed E-state index contributed by atoms with van der Waals surface area (Å²) in [5.74, 6) is -2.34. The van der Waals surface area contributed by atoms with Crippen LogP contribution in [0.15, 0.2) is 22.6 Å². The van der Waals surface area contributed by atoms with Crippen molar-refractivity contribution < 1.29 is 23.5 Å². The van der Waals surface area contributed by atoms with Crippen LogP contribution in [0.3, 0.4) is 0 Å². The highest BCUT2D eigenvalue weighted by molar-refractivity contribution is 6.00. The molecule has 2 aromatic rings. The van der Waals surface area contributed by atoms with Crippen molar-refractivity contribution in [2.24, 2.45) is 5.92 Å². The molecule has 1 aromatic carbocycles. The number of amides is 1. The third-order valence-electron chi connectivity index (χ3n) is 3.87. The van der Waals surface area contributed by atoms with Gasteiger partial charge in [0.15, 0.2) is 5.76 Å². The Morgan fingerprint density at radius 1 is 1.41 bits per heavy atom. The summed E-state index contributed by atoms with van der Waals surface area (Å²) < 4.78 is 18.7. The van der Waals surface area contributed by atoms with Gasteiger partial charge >= 0.3 is 5.97 Å². The lowest BCUT2D eigenvalue weighted by molar-refractivity contribution is -0.140. The molecule has 22 heavy (non-hydrogen) atoms. The number of carbonyl (C=O) groups excluding carboxylic acids is 1. The van der Waals surface area contributed by atoms with Crippen molar-refractivity contribution in [2.45, 2.75) is 33.2 Å². The summed E-state index contributed by atoms with van der Waals surface area (Å²) in [4.78, 5) is 23.6. The van der Waals surface area contributed by atoms with Crippen LogP contribution in [0.25, 0.3) is 11.0 Å². The normalized spacial score (nSPS) is 13.8. The van der Waals surface area contributed by atoms with E-state index in [0.717, 1.165) is 0 Å². The maximum Gasteiger partial charge on any atom is 0.326 e. The molecule has 0 bridgehead atoms. The first-order valence-electron chi connectivity index (χ1n) is 7.07. The highest BCUT2D eigenvalue weighted by atomic mass is 19.1. The molecule has 6 heteroatoms. The molecule has 0 radical (unpaired) electrons. The van der Waals surface area contributed by atoms with Gasteiger partial charge in [-0.1, -0.05) is 20.3 Å². The Kier molecular flexibility index (Phi) is 4.49. The maximum absolute atomic E-state index is 13.3. The molecule has 0 saturated heterocycles. The number of carboxylic acid groups (broad SMARTS) is 1. The van der Waals surface area contributed by atoms with Crippen molar-refractivity contribution in [3.05, 3.63) is 35.3 Å². The second-order valence-corrected chi connectivity index (χ2v) is 5.37. The summed E-state index contributed by atoms with van der Waals surface area (Å²) >= 11 is 0. The van der Waals surface area contributed by atoms with Crippen LogP contribution < -0.4 is 5.32 Å². The van der Waals surface area contributed by atoms with Gasteiger partial charge in [0.05, 0.1) is 0 Å². The number of fused-ring (bicyclic) bond motifs is 1. The monoisotopic (exact) mass is 307 g/mol. The van der Waals surface area contributed by atoms with E-state index in [1.54, 1.807) is 13.8 Å². The molecule has 5 nitrogen and oxygen atoms in total. The number of hydrogen-bond acceptors (Lipinski definition) is 3. The van der Waals surface area contributed by atoms with Crippen LogP contribution in [0, 0.1) is 18.7 Å². The van der Waals surface area contributed by atoms with Gasteiger partial charge in [-0.3, -0.25) is 4.79 Å². The first-order valence-corrected chi connectivity index (χ1v) is 7.07. The Bertz CT molecular complexity index is 722. The summed E-state index contributed by atoms with van der Waals surface area (Å²) in [6, 6.07) is 2.97. The van der Waals surface area contributed by atoms with E-state index in [9.17, 15) is 19.1 Å². The molecule has 2 rings (SSSR count). The lowest BCUT2D eigenvalue weighted by atomic mass is 9.99. The fourth-order valence-corrected chi connectivity index (χ4v) is 2.30. The number of aliphatic carboxylic acids is 1. The Morgan fingerprint density at radius 2 is 2.09 bits per heavy atom. The van der Waals surface area contributed by atoms with Crippen molar-refractivity contribution in [1.29, 1.82) is 0 Å². The molecule has 0 aliphatic heterocycles. The van der Waals surface area contributed by atoms with Crippen LogP contribution in [0.2, 0.25) is 0 Å². The summed E-state index contributed by atoms with van der Waals surface area (Å²) in [7, 11) is 0. The SMILES string of the molecule is CCC(C)C(NC(=O)c1oc2ccc(F)cc2c1C)C(=O)O. The second-order valence-electron chi connectivity index (χ2n) is 5.37. The summed E-state index contributed by atoms with van der Waals surface area (Å²) in [5.41, 5.74) is 0.875. The van der Waals surface area contributed by atoms with E-state index in [0.29, 0.717) is 23.0 Å². The number of rotatable bonds is 5. The lowest BCUT2D eigenvalue weighted by Gasteiger charge is -2.19. The average molecular weight is 307 g/mol. The quantitative estimate of drug-likeness (QED) is 0.889. The van der Waals surface area contributed by atoms with Gasteiger partial charge in [-0.15, -0.1) is 0 Å². The van der Waals surface area contributed by atoms with Crippen molar-refractivity contribution in [1.82, 2.24) is 5.32 Å². The molecule has 0 aliphatic carbocycles. The first-order chi connectivity index (χ1) is 10.3. The predicted octanol–water partition coefficient (Wildman–Crippen LogP) is 3.11.